The van der Waals surface area contributed by atoms with E-state index < -0.39 is 0 Å². The number of aromatic nitrogens is 2. The number of anilines is 2. The van der Waals surface area contributed by atoms with E-state index in [1.54, 1.807) is 0 Å². The van der Waals surface area contributed by atoms with Crippen LogP contribution in [-0.2, 0) is 13.0 Å². The second kappa shape index (κ2) is 7.76. The first-order valence-electron chi connectivity index (χ1n) is 10.4. The van der Waals surface area contributed by atoms with Gasteiger partial charge in [0, 0.05) is 31.6 Å². The maximum absolute atomic E-state index is 4.95. The van der Waals surface area contributed by atoms with Crippen LogP contribution in [0, 0.1) is 0 Å². The maximum atomic E-state index is 4.95. The lowest BCUT2D eigenvalue weighted by atomic mass is 10.00. The molecule has 5 rings (SSSR count). The van der Waals surface area contributed by atoms with Crippen LogP contribution >= 0.6 is 0 Å². The normalized spacial score (nSPS) is 17.1. The summed E-state index contributed by atoms with van der Waals surface area (Å²) in [5.41, 5.74) is 3.87. The molecular weight excluding hydrogens is 346 g/mol. The van der Waals surface area contributed by atoms with Crippen LogP contribution in [-0.4, -0.2) is 47.6 Å². The van der Waals surface area contributed by atoms with Gasteiger partial charge >= 0.3 is 0 Å². The standard InChI is InChI=1S/C23H27N5/c1-2-8-19-17-28(15-11-18(19)7-1)22-20-9-3-4-10-21(20)25-23(26-22)24-12-16-27-13-5-6-14-27/h1-4,7-10H,5-6,11-17H2,(H,24,25,26). The smallest absolute Gasteiger partial charge is 0.225 e. The average molecular weight is 374 g/mol. The summed E-state index contributed by atoms with van der Waals surface area (Å²) >= 11 is 0. The predicted molar refractivity (Wildman–Crippen MR) is 115 cm³/mol. The number of benzene rings is 2. The predicted octanol–water partition coefficient (Wildman–Crippen LogP) is 3.70. The van der Waals surface area contributed by atoms with Crippen LogP contribution in [0.4, 0.5) is 11.8 Å². The third-order valence-electron chi connectivity index (χ3n) is 5.92. The van der Waals surface area contributed by atoms with Gasteiger partial charge in [-0.25, -0.2) is 4.98 Å². The Labute approximate surface area is 166 Å². The molecule has 2 aromatic carbocycles. The maximum Gasteiger partial charge on any atom is 0.225 e. The monoisotopic (exact) mass is 373 g/mol. The van der Waals surface area contributed by atoms with Crippen molar-refractivity contribution in [1.82, 2.24) is 14.9 Å². The summed E-state index contributed by atoms with van der Waals surface area (Å²) in [7, 11) is 0. The van der Waals surface area contributed by atoms with Crippen molar-refractivity contribution in [2.75, 3.05) is 42.9 Å². The Balaban J connectivity index is 1.41. The van der Waals surface area contributed by atoms with Crippen molar-refractivity contribution in [3.63, 3.8) is 0 Å². The van der Waals surface area contributed by atoms with Crippen LogP contribution in [0.15, 0.2) is 48.5 Å². The van der Waals surface area contributed by atoms with Crippen molar-refractivity contribution < 1.29 is 0 Å². The highest BCUT2D eigenvalue weighted by atomic mass is 15.2. The number of hydrogen-bond acceptors (Lipinski definition) is 5. The Morgan fingerprint density at radius 3 is 2.54 bits per heavy atom. The number of likely N-dealkylation sites (tertiary alicyclic amines) is 1. The Morgan fingerprint density at radius 1 is 0.857 bits per heavy atom. The van der Waals surface area contributed by atoms with Crippen molar-refractivity contribution in [3.05, 3.63) is 59.7 Å². The zero-order valence-corrected chi connectivity index (χ0v) is 16.3. The number of nitrogens with zero attached hydrogens (tertiary/aromatic N) is 4. The molecule has 1 N–H and O–H groups in total. The van der Waals surface area contributed by atoms with E-state index in [2.05, 4.69) is 63.6 Å². The van der Waals surface area contributed by atoms with Gasteiger partial charge in [-0.3, -0.25) is 0 Å². The molecule has 0 spiro atoms. The number of fused-ring (bicyclic) bond motifs is 2. The Kier molecular flexibility index (Phi) is 4.83. The highest BCUT2D eigenvalue weighted by molar-refractivity contribution is 5.90. The SMILES string of the molecule is c1ccc2c(c1)CCN(c1nc(NCCN3CCCC3)nc3ccccc13)C2. The lowest BCUT2D eigenvalue weighted by Crippen LogP contribution is -2.31. The molecule has 1 aromatic heterocycles. The van der Waals surface area contributed by atoms with Gasteiger partial charge in [-0.15, -0.1) is 0 Å². The van der Waals surface area contributed by atoms with Gasteiger partial charge in [-0.1, -0.05) is 36.4 Å². The fraction of sp³-hybridized carbons (Fsp3) is 0.391. The fourth-order valence-corrected chi connectivity index (χ4v) is 4.39. The molecule has 0 radical (unpaired) electrons. The molecule has 1 saturated heterocycles. The molecule has 144 valence electrons. The van der Waals surface area contributed by atoms with Crippen molar-refractivity contribution in [1.29, 1.82) is 0 Å². The van der Waals surface area contributed by atoms with Crippen LogP contribution in [0.3, 0.4) is 0 Å². The van der Waals surface area contributed by atoms with E-state index in [1.807, 2.05) is 0 Å². The molecule has 5 heteroatoms. The molecule has 0 aliphatic carbocycles. The van der Waals surface area contributed by atoms with Gasteiger partial charge in [-0.2, -0.15) is 4.98 Å². The minimum absolute atomic E-state index is 0.742. The summed E-state index contributed by atoms with van der Waals surface area (Å²) in [4.78, 5) is 14.6. The first-order chi connectivity index (χ1) is 13.9. The van der Waals surface area contributed by atoms with Crippen LogP contribution < -0.4 is 10.2 Å². The number of nitrogens with one attached hydrogen (secondary N) is 1. The Hall–Kier alpha value is -2.66. The zero-order valence-electron chi connectivity index (χ0n) is 16.3. The van der Waals surface area contributed by atoms with Crippen LogP contribution in [0.5, 0.6) is 0 Å². The molecule has 3 heterocycles. The average Bonchev–Trinajstić information content (AvgIpc) is 3.26. The lowest BCUT2D eigenvalue weighted by molar-refractivity contribution is 0.352. The zero-order chi connectivity index (χ0) is 18.8. The summed E-state index contributed by atoms with van der Waals surface area (Å²) < 4.78 is 0. The van der Waals surface area contributed by atoms with Gasteiger partial charge in [0.15, 0.2) is 0 Å². The molecule has 0 bridgehead atoms. The van der Waals surface area contributed by atoms with E-state index in [-0.39, 0.29) is 0 Å². The molecular formula is C23H27N5. The van der Waals surface area contributed by atoms with Crippen molar-refractivity contribution in [3.8, 4) is 0 Å². The second-order valence-electron chi connectivity index (χ2n) is 7.80. The van der Waals surface area contributed by atoms with E-state index in [1.165, 1.54) is 37.1 Å². The Bertz CT molecular complexity index is 964. The first-order valence-corrected chi connectivity index (χ1v) is 10.4. The van der Waals surface area contributed by atoms with Gasteiger partial charge in [0.1, 0.15) is 5.82 Å². The number of rotatable bonds is 5. The molecule has 3 aromatic rings. The number of para-hydroxylation sites is 1. The molecule has 28 heavy (non-hydrogen) atoms. The molecule has 0 amide bonds. The van der Waals surface area contributed by atoms with Crippen LogP contribution in [0.25, 0.3) is 10.9 Å². The minimum Gasteiger partial charge on any atom is -0.353 e. The molecule has 0 saturated carbocycles. The summed E-state index contributed by atoms with van der Waals surface area (Å²) in [6.07, 6.45) is 3.71. The fourth-order valence-electron chi connectivity index (χ4n) is 4.39. The van der Waals surface area contributed by atoms with E-state index in [0.717, 1.165) is 55.3 Å². The van der Waals surface area contributed by atoms with Crippen molar-refractivity contribution >= 4 is 22.7 Å². The summed E-state index contributed by atoms with van der Waals surface area (Å²) in [6.45, 7) is 6.29. The highest BCUT2D eigenvalue weighted by Crippen LogP contribution is 2.29. The minimum atomic E-state index is 0.742. The van der Waals surface area contributed by atoms with Crippen LogP contribution in [0.2, 0.25) is 0 Å². The third-order valence-corrected chi connectivity index (χ3v) is 5.92. The summed E-state index contributed by atoms with van der Waals surface area (Å²) in [5.74, 6) is 1.79. The molecule has 2 aliphatic heterocycles. The Morgan fingerprint density at radius 2 is 1.64 bits per heavy atom. The largest absolute Gasteiger partial charge is 0.353 e. The van der Waals surface area contributed by atoms with Crippen molar-refractivity contribution in [2.24, 2.45) is 0 Å². The van der Waals surface area contributed by atoms with E-state index in [0.29, 0.717) is 0 Å². The summed E-state index contributed by atoms with van der Waals surface area (Å²) in [6, 6.07) is 17.1. The lowest BCUT2D eigenvalue weighted by Gasteiger charge is -2.30. The van der Waals surface area contributed by atoms with Gasteiger partial charge in [0.2, 0.25) is 5.95 Å². The van der Waals surface area contributed by atoms with Gasteiger partial charge < -0.3 is 15.1 Å². The topological polar surface area (TPSA) is 44.3 Å². The van der Waals surface area contributed by atoms with Crippen molar-refractivity contribution in [2.45, 2.75) is 25.8 Å². The molecule has 2 aliphatic rings. The quantitative estimate of drug-likeness (QED) is 0.739. The van der Waals surface area contributed by atoms with E-state index >= 15 is 0 Å². The number of hydrogen-bond donors (Lipinski definition) is 1. The third kappa shape index (κ3) is 3.54. The molecule has 5 nitrogen and oxygen atoms in total. The molecule has 0 unspecified atom stereocenters. The van der Waals surface area contributed by atoms with Gasteiger partial charge in [-0.05, 0) is 55.6 Å². The molecule has 1 fully saturated rings. The summed E-state index contributed by atoms with van der Waals surface area (Å²) in [5, 5.41) is 4.60. The van der Waals surface area contributed by atoms with E-state index in [4.69, 9.17) is 9.97 Å². The van der Waals surface area contributed by atoms with Gasteiger partial charge in [0.05, 0.1) is 5.52 Å². The second-order valence-corrected chi connectivity index (χ2v) is 7.80. The molecule has 0 atom stereocenters. The highest BCUT2D eigenvalue weighted by Gasteiger charge is 2.20. The first kappa shape index (κ1) is 17.4. The van der Waals surface area contributed by atoms with Crippen LogP contribution in [0.1, 0.15) is 24.0 Å². The van der Waals surface area contributed by atoms with E-state index in [9.17, 15) is 0 Å². The van der Waals surface area contributed by atoms with Gasteiger partial charge in [0.25, 0.3) is 0 Å².